The minimum absolute atomic E-state index is 0.0214. The lowest BCUT2D eigenvalue weighted by atomic mass is 10.0. The predicted molar refractivity (Wildman–Crippen MR) is 112 cm³/mol. The first-order chi connectivity index (χ1) is 14.0. The monoisotopic (exact) mass is 484 g/mol. The van der Waals surface area contributed by atoms with Crippen molar-refractivity contribution < 1.29 is 38.1 Å². The summed E-state index contributed by atoms with van der Waals surface area (Å²) >= 11 is 3.34. The Hall–Kier alpha value is -2.81. The van der Waals surface area contributed by atoms with Crippen LogP contribution in [0.1, 0.15) is 32.4 Å². The van der Waals surface area contributed by atoms with E-state index in [0.717, 1.165) is 0 Å². The molecule has 1 atom stereocenters. The summed E-state index contributed by atoms with van der Waals surface area (Å²) in [6.07, 6.45) is 0.440. The van der Waals surface area contributed by atoms with Crippen molar-refractivity contribution in [1.29, 1.82) is 0 Å². The van der Waals surface area contributed by atoms with Crippen molar-refractivity contribution in [2.75, 3.05) is 20.8 Å². The molecule has 0 fully saturated rings. The highest BCUT2D eigenvalue weighted by Crippen LogP contribution is 2.35. The highest BCUT2D eigenvalue weighted by molar-refractivity contribution is 9.10. The number of methoxy groups -OCH3 is 2. The second-order valence-electron chi connectivity index (χ2n) is 6.90. The molecule has 30 heavy (non-hydrogen) atoms. The normalized spacial score (nSPS) is 12.1. The average Bonchev–Trinajstić information content (AvgIpc) is 2.67. The minimum atomic E-state index is -1.23. The first-order valence-electron chi connectivity index (χ1n) is 8.82. The number of esters is 2. The van der Waals surface area contributed by atoms with E-state index < -0.39 is 29.8 Å². The Balaban J connectivity index is 3.23. The molecular weight excluding hydrogens is 460 g/mol. The van der Waals surface area contributed by atoms with E-state index in [4.69, 9.17) is 18.9 Å². The molecule has 9 heteroatoms. The van der Waals surface area contributed by atoms with E-state index in [2.05, 4.69) is 27.2 Å². The van der Waals surface area contributed by atoms with Gasteiger partial charge in [0.05, 0.1) is 19.8 Å². The lowest BCUT2D eigenvalue weighted by Gasteiger charge is -2.24. The third-order valence-corrected chi connectivity index (χ3v) is 3.91. The maximum Gasteiger partial charge on any atom is 0.509 e. The van der Waals surface area contributed by atoms with Crippen LogP contribution in [0.25, 0.3) is 0 Å². The van der Waals surface area contributed by atoms with Gasteiger partial charge in [0.1, 0.15) is 18.0 Å². The molecule has 0 heterocycles. The van der Waals surface area contributed by atoms with E-state index in [1.54, 1.807) is 39.0 Å². The molecule has 0 spiro atoms. The summed E-state index contributed by atoms with van der Waals surface area (Å²) in [5.74, 6) is -0.994. The number of halogens is 1. The Morgan fingerprint density at radius 2 is 1.83 bits per heavy atom. The Bertz CT molecular complexity index is 823. The number of carbonyl (C=O) groups is 3. The van der Waals surface area contributed by atoms with E-state index in [9.17, 15) is 14.4 Å². The van der Waals surface area contributed by atoms with Gasteiger partial charge in [0, 0.05) is 16.1 Å². The van der Waals surface area contributed by atoms with Gasteiger partial charge in [0.15, 0.2) is 6.10 Å². The van der Waals surface area contributed by atoms with Crippen LogP contribution in [-0.4, -0.2) is 44.5 Å². The van der Waals surface area contributed by atoms with Crippen molar-refractivity contribution in [3.05, 3.63) is 52.5 Å². The van der Waals surface area contributed by atoms with Gasteiger partial charge in [-0.2, -0.15) is 0 Å². The van der Waals surface area contributed by atoms with Crippen molar-refractivity contribution in [2.24, 2.45) is 0 Å². The Kier molecular flexibility index (Phi) is 9.58. The lowest BCUT2D eigenvalue weighted by molar-refractivity contribution is -0.137. The predicted octanol–water partition coefficient (Wildman–Crippen LogP) is 4.28. The Morgan fingerprint density at radius 1 is 1.17 bits per heavy atom. The molecule has 0 aliphatic carbocycles. The van der Waals surface area contributed by atoms with E-state index in [1.165, 1.54) is 26.4 Å². The van der Waals surface area contributed by atoms with E-state index >= 15 is 0 Å². The van der Waals surface area contributed by atoms with Crippen molar-refractivity contribution in [2.45, 2.75) is 32.5 Å². The number of carbonyl (C=O) groups excluding carboxylic acids is 3. The van der Waals surface area contributed by atoms with Gasteiger partial charge < -0.3 is 23.7 Å². The summed E-state index contributed by atoms with van der Waals surface area (Å²) in [5.41, 5.74) is -0.600. The second-order valence-corrected chi connectivity index (χ2v) is 7.81. The van der Waals surface area contributed by atoms with Gasteiger partial charge in [0.25, 0.3) is 0 Å². The van der Waals surface area contributed by atoms with E-state index in [-0.39, 0.29) is 12.2 Å². The largest absolute Gasteiger partial charge is 0.509 e. The number of ether oxygens (including phenoxy) is 5. The zero-order chi connectivity index (χ0) is 22.9. The molecule has 164 valence electrons. The molecule has 1 rings (SSSR count). The number of benzene rings is 1. The smallest absolute Gasteiger partial charge is 0.489 e. The van der Waals surface area contributed by atoms with Crippen molar-refractivity contribution in [3.63, 3.8) is 0 Å². The van der Waals surface area contributed by atoms with E-state index in [1.807, 2.05) is 0 Å². The van der Waals surface area contributed by atoms with Gasteiger partial charge in [-0.25, -0.2) is 14.4 Å². The summed E-state index contributed by atoms with van der Waals surface area (Å²) in [7, 11) is 2.45. The molecule has 0 aromatic heterocycles. The molecule has 0 saturated carbocycles. The molecule has 1 aromatic carbocycles. The minimum Gasteiger partial charge on any atom is -0.489 e. The van der Waals surface area contributed by atoms with Crippen LogP contribution in [0.2, 0.25) is 0 Å². The Labute approximate surface area is 183 Å². The highest BCUT2D eigenvalue weighted by atomic mass is 79.9. The van der Waals surface area contributed by atoms with Crippen LogP contribution in [0.3, 0.4) is 0 Å². The number of rotatable bonds is 8. The molecule has 0 aliphatic rings. The van der Waals surface area contributed by atoms with Crippen LogP contribution < -0.4 is 4.74 Å². The van der Waals surface area contributed by atoms with Crippen LogP contribution in [0.5, 0.6) is 5.75 Å². The zero-order valence-electron chi connectivity index (χ0n) is 17.5. The standard InChI is InChI=1S/C21H25BrO8/c1-13(19(24)27-6)18(29-20(25)30-21(2,3)4)15-12-14(22)9-10-16(15)28-11-7-8-17(23)26-5/h7-10,12,18H,1,11H2,2-6H3/b8-7+. The topological polar surface area (TPSA) is 97.4 Å². The molecule has 0 aliphatic heterocycles. The van der Waals surface area contributed by atoms with Gasteiger partial charge in [-0.1, -0.05) is 22.5 Å². The Morgan fingerprint density at radius 3 is 2.40 bits per heavy atom. The van der Waals surface area contributed by atoms with Gasteiger partial charge in [-0.3, -0.25) is 0 Å². The fraction of sp³-hybridized carbons (Fsp3) is 0.381. The van der Waals surface area contributed by atoms with Gasteiger partial charge in [-0.05, 0) is 45.0 Å². The summed E-state index contributed by atoms with van der Waals surface area (Å²) in [5, 5.41) is 0. The van der Waals surface area contributed by atoms with Crippen molar-refractivity contribution in [3.8, 4) is 5.75 Å². The first kappa shape index (κ1) is 25.2. The van der Waals surface area contributed by atoms with E-state index in [0.29, 0.717) is 15.8 Å². The summed E-state index contributed by atoms with van der Waals surface area (Å²) in [6, 6.07) is 4.93. The van der Waals surface area contributed by atoms with Crippen LogP contribution in [0.15, 0.2) is 47.0 Å². The van der Waals surface area contributed by atoms with Crippen LogP contribution in [0.4, 0.5) is 4.79 Å². The van der Waals surface area contributed by atoms with Gasteiger partial charge >= 0.3 is 18.1 Å². The van der Waals surface area contributed by atoms with Crippen LogP contribution >= 0.6 is 15.9 Å². The molecule has 0 amide bonds. The second kappa shape index (κ2) is 11.4. The first-order valence-corrected chi connectivity index (χ1v) is 9.61. The third-order valence-electron chi connectivity index (χ3n) is 3.41. The van der Waals surface area contributed by atoms with Crippen LogP contribution in [-0.2, 0) is 28.5 Å². The maximum absolute atomic E-state index is 12.3. The average molecular weight is 485 g/mol. The number of hydrogen-bond acceptors (Lipinski definition) is 8. The molecule has 8 nitrogen and oxygen atoms in total. The summed E-state index contributed by atoms with van der Waals surface area (Å²) in [6.45, 7) is 8.76. The maximum atomic E-state index is 12.3. The lowest BCUT2D eigenvalue weighted by Crippen LogP contribution is -2.27. The van der Waals surface area contributed by atoms with Gasteiger partial charge in [-0.15, -0.1) is 0 Å². The number of hydrogen-bond donors (Lipinski definition) is 0. The third kappa shape index (κ3) is 8.28. The molecule has 0 N–H and O–H groups in total. The van der Waals surface area contributed by atoms with Crippen molar-refractivity contribution >= 4 is 34.0 Å². The molecule has 0 bridgehead atoms. The fourth-order valence-electron chi connectivity index (χ4n) is 2.14. The molecular formula is C21H25BrO8. The van der Waals surface area contributed by atoms with Crippen molar-refractivity contribution in [1.82, 2.24) is 0 Å². The molecule has 1 aromatic rings. The quantitative estimate of drug-likeness (QED) is 0.306. The SMILES string of the molecule is C=C(C(=O)OC)C(OC(=O)OC(C)(C)C)c1cc(Br)ccc1OC/C=C/C(=O)OC. The summed E-state index contributed by atoms with van der Waals surface area (Å²) in [4.78, 5) is 35.5. The highest BCUT2D eigenvalue weighted by Gasteiger charge is 2.31. The fourth-order valence-corrected chi connectivity index (χ4v) is 2.52. The van der Waals surface area contributed by atoms with Crippen LogP contribution in [0, 0.1) is 0 Å². The molecule has 1 unspecified atom stereocenters. The van der Waals surface area contributed by atoms with Gasteiger partial charge in [0.2, 0.25) is 0 Å². The summed E-state index contributed by atoms with van der Waals surface area (Å²) < 4.78 is 26.1. The molecule has 0 saturated heterocycles. The molecule has 0 radical (unpaired) electrons. The zero-order valence-corrected chi connectivity index (χ0v) is 19.1.